The van der Waals surface area contributed by atoms with Gasteiger partial charge < -0.3 is 0 Å². The lowest BCUT2D eigenvalue weighted by Crippen LogP contribution is -2.30. The van der Waals surface area contributed by atoms with E-state index in [0.29, 0.717) is 0 Å². The first-order chi connectivity index (χ1) is 9.67. The number of hydrogen-bond donors (Lipinski definition) is 2. The van der Waals surface area contributed by atoms with Gasteiger partial charge in [0.15, 0.2) is 0 Å². The summed E-state index contributed by atoms with van der Waals surface area (Å²) in [5.74, 6) is 5.83. The molecule has 0 aliphatic carbocycles. The van der Waals surface area contributed by atoms with Crippen LogP contribution in [-0.2, 0) is 12.8 Å². The van der Waals surface area contributed by atoms with E-state index in [0.717, 1.165) is 12.8 Å². The van der Waals surface area contributed by atoms with Crippen LogP contribution in [0.2, 0.25) is 0 Å². The highest BCUT2D eigenvalue weighted by molar-refractivity contribution is 5.37. The van der Waals surface area contributed by atoms with Gasteiger partial charge in [-0.25, -0.2) is 0 Å². The fourth-order valence-electron chi connectivity index (χ4n) is 2.83. The van der Waals surface area contributed by atoms with Gasteiger partial charge in [0.05, 0.1) is 6.04 Å². The van der Waals surface area contributed by atoms with Crippen molar-refractivity contribution in [2.75, 3.05) is 0 Å². The van der Waals surface area contributed by atoms with Crippen molar-refractivity contribution in [3.05, 3.63) is 70.3 Å². The molecule has 2 aromatic rings. The van der Waals surface area contributed by atoms with E-state index in [1.165, 1.54) is 27.8 Å². The van der Waals surface area contributed by atoms with Crippen LogP contribution < -0.4 is 11.3 Å². The number of aryl methyl sites for hydroxylation is 3. The summed E-state index contributed by atoms with van der Waals surface area (Å²) in [5.41, 5.74) is 9.72. The summed E-state index contributed by atoms with van der Waals surface area (Å²) >= 11 is 0. The molecule has 0 spiro atoms. The lowest BCUT2D eigenvalue weighted by atomic mass is 9.90. The quantitative estimate of drug-likeness (QED) is 0.642. The Morgan fingerprint density at radius 1 is 1.00 bits per heavy atom. The second kappa shape index (κ2) is 6.69. The van der Waals surface area contributed by atoms with Crippen LogP contribution in [-0.4, -0.2) is 0 Å². The molecule has 106 valence electrons. The zero-order valence-electron chi connectivity index (χ0n) is 12.6. The van der Waals surface area contributed by atoms with Crippen LogP contribution in [0.5, 0.6) is 0 Å². The summed E-state index contributed by atoms with van der Waals surface area (Å²) < 4.78 is 0. The second-order valence-corrected chi connectivity index (χ2v) is 5.35. The molecule has 2 rings (SSSR count). The second-order valence-electron chi connectivity index (χ2n) is 5.35. The average molecular weight is 268 g/mol. The summed E-state index contributed by atoms with van der Waals surface area (Å²) in [7, 11) is 0. The highest BCUT2D eigenvalue weighted by Gasteiger charge is 2.15. The van der Waals surface area contributed by atoms with Crippen molar-refractivity contribution in [2.45, 2.75) is 39.7 Å². The van der Waals surface area contributed by atoms with Gasteiger partial charge in [-0.3, -0.25) is 11.3 Å². The smallest absolute Gasteiger partial charge is 0.0503 e. The molecule has 2 nitrogen and oxygen atoms in total. The molecular formula is C18H24N2. The van der Waals surface area contributed by atoms with Crippen molar-refractivity contribution in [2.24, 2.45) is 5.84 Å². The maximum atomic E-state index is 5.83. The van der Waals surface area contributed by atoms with Crippen molar-refractivity contribution < 1.29 is 0 Å². The van der Waals surface area contributed by atoms with Gasteiger partial charge in [0.1, 0.15) is 0 Å². The van der Waals surface area contributed by atoms with E-state index in [-0.39, 0.29) is 6.04 Å². The van der Waals surface area contributed by atoms with Crippen LogP contribution >= 0.6 is 0 Å². The third kappa shape index (κ3) is 3.09. The minimum absolute atomic E-state index is 0.158. The summed E-state index contributed by atoms with van der Waals surface area (Å²) in [6, 6.07) is 15.1. The third-order valence-corrected chi connectivity index (χ3v) is 4.07. The van der Waals surface area contributed by atoms with Crippen molar-refractivity contribution in [1.29, 1.82) is 0 Å². The summed E-state index contributed by atoms with van der Waals surface area (Å²) in [6.07, 6.45) is 1.95. The topological polar surface area (TPSA) is 38.0 Å². The van der Waals surface area contributed by atoms with E-state index in [1.807, 2.05) is 0 Å². The molecule has 0 aromatic heterocycles. The normalized spacial score (nSPS) is 12.4. The predicted octanol–water partition coefficient (Wildman–Crippen LogP) is 3.61. The monoisotopic (exact) mass is 268 g/mol. The number of benzene rings is 2. The lowest BCUT2D eigenvalue weighted by molar-refractivity contribution is 0.545. The standard InChI is InChI=1S/C18H24N2/c1-4-15-10-5-6-11-16(15)18(20-19)12-17-13(2)8-7-9-14(17)3/h5-11,18,20H,4,12,19H2,1-3H3. The summed E-state index contributed by atoms with van der Waals surface area (Å²) in [6.45, 7) is 6.52. The predicted molar refractivity (Wildman–Crippen MR) is 85.5 cm³/mol. The van der Waals surface area contributed by atoms with Crippen LogP contribution in [0.4, 0.5) is 0 Å². The summed E-state index contributed by atoms with van der Waals surface area (Å²) in [4.78, 5) is 0. The summed E-state index contributed by atoms with van der Waals surface area (Å²) in [5, 5.41) is 0. The molecule has 3 N–H and O–H groups in total. The average Bonchev–Trinajstić information content (AvgIpc) is 2.47. The van der Waals surface area contributed by atoms with Crippen molar-refractivity contribution in [1.82, 2.24) is 5.43 Å². The zero-order chi connectivity index (χ0) is 14.5. The molecule has 20 heavy (non-hydrogen) atoms. The Morgan fingerprint density at radius 2 is 1.65 bits per heavy atom. The number of hydrogen-bond acceptors (Lipinski definition) is 2. The molecule has 1 atom stereocenters. The van der Waals surface area contributed by atoms with Crippen LogP contribution in [0, 0.1) is 13.8 Å². The van der Waals surface area contributed by atoms with Gasteiger partial charge in [-0.2, -0.15) is 0 Å². The van der Waals surface area contributed by atoms with Gasteiger partial charge in [0.25, 0.3) is 0 Å². The SMILES string of the molecule is CCc1ccccc1C(Cc1c(C)cccc1C)NN. The van der Waals surface area contributed by atoms with Crippen LogP contribution in [0.3, 0.4) is 0 Å². The fraction of sp³-hybridized carbons (Fsp3) is 0.333. The van der Waals surface area contributed by atoms with Crippen LogP contribution in [0.15, 0.2) is 42.5 Å². The Hall–Kier alpha value is -1.64. The molecule has 0 saturated carbocycles. The highest BCUT2D eigenvalue weighted by Crippen LogP contribution is 2.25. The lowest BCUT2D eigenvalue weighted by Gasteiger charge is -2.21. The molecule has 0 radical (unpaired) electrons. The van der Waals surface area contributed by atoms with Gasteiger partial charge in [0, 0.05) is 0 Å². The minimum Gasteiger partial charge on any atom is -0.271 e. The molecular weight excluding hydrogens is 244 g/mol. The van der Waals surface area contributed by atoms with E-state index in [4.69, 9.17) is 5.84 Å². The van der Waals surface area contributed by atoms with Crippen LogP contribution in [0.25, 0.3) is 0 Å². The Labute approximate surface area is 122 Å². The Kier molecular flexibility index (Phi) is 4.94. The maximum absolute atomic E-state index is 5.83. The molecule has 0 fully saturated rings. The Bertz CT molecular complexity index is 555. The number of nitrogens with one attached hydrogen (secondary N) is 1. The van der Waals surface area contributed by atoms with Gasteiger partial charge in [-0.05, 0) is 54.5 Å². The number of rotatable bonds is 5. The van der Waals surface area contributed by atoms with Gasteiger partial charge in [0.2, 0.25) is 0 Å². The van der Waals surface area contributed by atoms with E-state index < -0.39 is 0 Å². The van der Waals surface area contributed by atoms with E-state index in [1.54, 1.807) is 0 Å². The highest BCUT2D eigenvalue weighted by atomic mass is 15.2. The Balaban J connectivity index is 2.34. The minimum atomic E-state index is 0.158. The van der Waals surface area contributed by atoms with Gasteiger partial charge >= 0.3 is 0 Å². The van der Waals surface area contributed by atoms with E-state index in [2.05, 4.69) is 68.7 Å². The first-order valence-electron chi connectivity index (χ1n) is 7.26. The maximum Gasteiger partial charge on any atom is 0.0503 e. The van der Waals surface area contributed by atoms with E-state index in [9.17, 15) is 0 Å². The molecule has 0 heterocycles. The molecule has 2 heteroatoms. The van der Waals surface area contributed by atoms with Crippen molar-refractivity contribution in [3.8, 4) is 0 Å². The zero-order valence-corrected chi connectivity index (χ0v) is 12.6. The van der Waals surface area contributed by atoms with Crippen molar-refractivity contribution in [3.63, 3.8) is 0 Å². The molecule has 0 amide bonds. The third-order valence-electron chi connectivity index (χ3n) is 4.07. The van der Waals surface area contributed by atoms with E-state index >= 15 is 0 Å². The van der Waals surface area contributed by atoms with Crippen molar-refractivity contribution >= 4 is 0 Å². The molecule has 0 bridgehead atoms. The molecule has 2 aromatic carbocycles. The first kappa shape index (κ1) is 14.8. The van der Waals surface area contributed by atoms with Gasteiger partial charge in [-0.1, -0.05) is 49.4 Å². The first-order valence-corrected chi connectivity index (χ1v) is 7.26. The largest absolute Gasteiger partial charge is 0.271 e. The van der Waals surface area contributed by atoms with Gasteiger partial charge in [-0.15, -0.1) is 0 Å². The molecule has 1 unspecified atom stereocenters. The number of hydrazine groups is 1. The van der Waals surface area contributed by atoms with Crippen LogP contribution in [0.1, 0.15) is 40.8 Å². The molecule has 0 aliphatic heterocycles. The Morgan fingerprint density at radius 3 is 2.25 bits per heavy atom. The molecule has 0 saturated heterocycles. The molecule has 0 aliphatic rings. The fourth-order valence-corrected chi connectivity index (χ4v) is 2.83. The number of nitrogens with two attached hydrogens (primary N) is 1.